The van der Waals surface area contributed by atoms with Gasteiger partial charge in [-0.15, -0.1) is 23.1 Å². The lowest BCUT2D eigenvalue weighted by Gasteiger charge is -2.21. The summed E-state index contributed by atoms with van der Waals surface area (Å²) < 4.78 is 0. The number of fused-ring (bicyclic) bond motifs is 1. The predicted octanol–water partition coefficient (Wildman–Crippen LogP) is 3.40. The Morgan fingerprint density at radius 1 is 1.35 bits per heavy atom. The first kappa shape index (κ1) is 13.7. The molecular formula is C14H17N3OS2. The first-order chi connectivity index (χ1) is 9.66. The minimum absolute atomic E-state index is 0.421. The second-order valence-corrected chi connectivity index (χ2v) is 7.42. The van der Waals surface area contributed by atoms with Gasteiger partial charge in [-0.1, -0.05) is 19.3 Å². The van der Waals surface area contributed by atoms with Gasteiger partial charge in [-0.05, 0) is 18.9 Å². The molecule has 1 saturated carbocycles. The highest BCUT2D eigenvalue weighted by atomic mass is 32.2. The molecule has 2 heterocycles. The molecule has 0 atom stereocenters. The minimum atomic E-state index is -0.473. The van der Waals surface area contributed by atoms with Crippen LogP contribution in [0.25, 0.3) is 10.2 Å². The highest BCUT2D eigenvalue weighted by molar-refractivity contribution is 8.00. The summed E-state index contributed by atoms with van der Waals surface area (Å²) in [5.41, 5.74) is 12.0. The third kappa shape index (κ3) is 2.50. The van der Waals surface area contributed by atoms with Gasteiger partial charge in [0.25, 0.3) is 5.91 Å². The summed E-state index contributed by atoms with van der Waals surface area (Å²) in [7, 11) is 0. The Bertz CT molecular complexity index is 647. The summed E-state index contributed by atoms with van der Waals surface area (Å²) in [6.45, 7) is 0. The van der Waals surface area contributed by atoms with Crippen molar-refractivity contribution in [2.24, 2.45) is 5.73 Å². The maximum atomic E-state index is 11.4. The van der Waals surface area contributed by atoms with Crippen molar-refractivity contribution in [1.29, 1.82) is 0 Å². The van der Waals surface area contributed by atoms with Gasteiger partial charge in [-0.3, -0.25) is 4.79 Å². The van der Waals surface area contributed by atoms with Crippen LogP contribution in [0.5, 0.6) is 0 Å². The number of anilines is 1. The van der Waals surface area contributed by atoms with Crippen molar-refractivity contribution in [3.8, 4) is 0 Å². The number of carbonyl (C=O) groups is 1. The van der Waals surface area contributed by atoms with E-state index in [1.165, 1.54) is 43.4 Å². The second kappa shape index (κ2) is 5.61. The summed E-state index contributed by atoms with van der Waals surface area (Å²) in [5.74, 6) is -0.473. The zero-order valence-corrected chi connectivity index (χ0v) is 12.7. The van der Waals surface area contributed by atoms with E-state index < -0.39 is 5.91 Å². The van der Waals surface area contributed by atoms with Crippen LogP contribution >= 0.6 is 23.1 Å². The molecule has 1 fully saturated rings. The van der Waals surface area contributed by atoms with Crippen LogP contribution in [0.3, 0.4) is 0 Å². The Kier molecular flexibility index (Phi) is 3.85. The van der Waals surface area contributed by atoms with E-state index in [0.29, 0.717) is 15.8 Å². The predicted molar refractivity (Wildman–Crippen MR) is 85.3 cm³/mol. The molecule has 0 radical (unpaired) electrons. The van der Waals surface area contributed by atoms with E-state index in [1.807, 2.05) is 17.8 Å². The molecule has 0 bridgehead atoms. The highest BCUT2D eigenvalue weighted by Gasteiger charge is 2.20. The van der Waals surface area contributed by atoms with Crippen LogP contribution in [0.15, 0.2) is 17.2 Å². The van der Waals surface area contributed by atoms with Gasteiger partial charge in [0.05, 0.1) is 5.69 Å². The molecule has 2 aromatic heterocycles. The molecule has 0 unspecified atom stereocenters. The standard InChI is InChI=1S/C14H17N3OS2/c15-11-10-9(19-8-4-2-1-3-5-8)6-7-17-14(10)20-12(11)13(16)18/h6-8H,1-5,15H2,(H2,16,18). The zero-order valence-electron chi connectivity index (χ0n) is 11.1. The summed E-state index contributed by atoms with van der Waals surface area (Å²) in [6, 6.07) is 2.00. The maximum absolute atomic E-state index is 11.4. The fraction of sp³-hybridized carbons (Fsp3) is 0.429. The number of nitrogens with two attached hydrogens (primary N) is 2. The van der Waals surface area contributed by atoms with E-state index in [4.69, 9.17) is 11.5 Å². The van der Waals surface area contributed by atoms with Crippen molar-refractivity contribution in [3.63, 3.8) is 0 Å². The molecule has 0 spiro atoms. The third-order valence-corrected chi connectivity index (χ3v) is 6.19. The minimum Gasteiger partial charge on any atom is -0.397 e. The monoisotopic (exact) mass is 307 g/mol. The van der Waals surface area contributed by atoms with Crippen LogP contribution in [-0.4, -0.2) is 16.1 Å². The van der Waals surface area contributed by atoms with E-state index in [0.717, 1.165) is 15.1 Å². The number of primary amides is 1. The number of nitrogens with zero attached hydrogens (tertiary/aromatic N) is 1. The van der Waals surface area contributed by atoms with Gasteiger partial charge in [0.1, 0.15) is 9.71 Å². The Labute approximate surface area is 125 Å². The molecule has 106 valence electrons. The number of aromatic nitrogens is 1. The number of thioether (sulfide) groups is 1. The van der Waals surface area contributed by atoms with E-state index >= 15 is 0 Å². The summed E-state index contributed by atoms with van der Waals surface area (Å²) in [6.07, 6.45) is 8.24. The third-order valence-electron chi connectivity index (χ3n) is 3.66. The van der Waals surface area contributed by atoms with Crippen molar-refractivity contribution in [2.75, 3.05) is 5.73 Å². The number of nitrogen functional groups attached to an aromatic ring is 1. The number of thiophene rings is 1. The lowest BCUT2D eigenvalue weighted by Crippen LogP contribution is -2.10. The molecule has 1 amide bonds. The van der Waals surface area contributed by atoms with Crippen LogP contribution in [-0.2, 0) is 0 Å². The molecule has 0 saturated heterocycles. The summed E-state index contributed by atoms with van der Waals surface area (Å²) in [4.78, 5) is 18.1. The summed E-state index contributed by atoms with van der Waals surface area (Å²) in [5, 5.41) is 1.55. The average molecular weight is 307 g/mol. The van der Waals surface area contributed by atoms with Gasteiger partial charge in [0.15, 0.2) is 0 Å². The number of pyridine rings is 1. The smallest absolute Gasteiger partial charge is 0.260 e. The normalized spacial score (nSPS) is 16.6. The first-order valence-corrected chi connectivity index (χ1v) is 8.50. The Hall–Kier alpha value is -1.27. The molecule has 1 aliphatic carbocycles. The molecule has 4 nitrogen and oxygen atoms in total. The topological polar surface area (TPSA) is 82.0 Å². The van der Waals surface area contributed by atoms with Crippen LogP contribution < -0.4 is 11.5 Å². The highest BCUT2D eigenvalue weighted by Crippen LogP contribution is 2.42. The first-order valence-electron chi connectivity index (χ1n) is 6.80. The number of rotatable bonds is 3. The van der Waals surface area contributed by atoms with Gasteiger partial charge in [-0.25, -0.2) is 4.98 Å². The second-order valence-electron chi connectivity index (χ2n) is 5.08. The fourth-order valence-electron chi connectivity index (χ4n) is 2.66. The molecule has 0 aliphatic heterocycles. The molecular weight excluding hydrogens is 290 g/mol. The lowest BCUT2D eigenvalue weighted by molar-refractivity contribution is 0.100. The summed E-state index contributed by atoms with van der Waals surface area (Å²) >= 11 is 3.15. The van der Waals surface area contributed by atoms with Gasteiger partial charge in [0.2, 0.25) is 0 Å². The molecule has 0 aromatic carbocycles. The number of carbonyl (C=O) groups excluding carboxylic acids is 1. The molecule has 3 rings (SSSR count). The van der Waals surface area contributed by atoms with Crippen molar-refractivity contribution in [3.05, 3.63) is 17.1 Å². The van der Waals surface area contributed by atoms with Crippen molar-refractivity contribution < 1.29 is 4.79 Å². The maximum Gasteiger partial charge on any atom is 0.260 e. The van der Waals surface area contributed by atoms with Gasteiger partial charge in [-0.2, -0.15) is 0 Å². The van der Waals surface area contributed by atoms with Crippen molar-refractivity contribution >= 4 is 44.9 Å². The molecule has 6 heteroatoms. The molecule has 4 N–H and O–H groups in total. The lowest BCUT2D eigenvalue weighted by atomic mass is 10.0. The largest absolute Gasteiger partial charge is 0.397 e. The zero-order chi connectivity index (χ0) is 14.1. The van der Waals surface area contributed by atoms with Crippen LogP contribution in [0, 0.1) is 0 Å². The molecule has 20 heavy (non-hydrogen) atoms. The fourth-order valence-corrected chi connectivity index (χ4v) is 5.06. The molecule has 1 aliphatic rings. The van der Waals surface area contributed by atoms with E-state index in [2.05, 4.69) is 4.98 Å². The van der Waals surface area contributed by atoms with Gasteiger partial charge < -0.3 is 11.5 Å². The van der Waals surface area contributed by atoms with Crippen LogP contribution in [0.2, 0.25) is 0 Å². The molecule has 2 aromatic rings. The number of hydrogen-bond donors (Lipinski definition) is 2. The Morgan fingerprint density at radius 2 is 2.10 bits per heavy atom. The van der Waals surface area contributed by atoms with Crippen molar-refractivity contribution in [1.82, 2.24) is 4.98 Å². The van der Waals surface area contributed by atoms with Gasteiger partial charge >= 0.3 is 0 Å². The van der Waals surface area contributed by atoms with E-state index in [9.17, 15) is 4.79 Å². The van der Waals surface area contributed by atoms with E-state index in [-0.39, 0.29) is 0 Å². The van der Waals surface area contributed by atoms with Crippen LogP contribution in [0.1, 0.15) is 41.8 Å². The Balaban J connectivity index is 1.99. The SMILES string of the molecule is NC(=O)c1sc2nccc(SC3CCCCC3)c2c1N. The van der Waals surface area contributed by atoms with Crippen LogP contribution in [0.4, 0.5) is 5.69 Å². The Morgan fingerprint density at radius 3 is 2.80 bits per heavy atom. The number of amides is 1. The quantitative estimate of drug-likeness (QED) is 0.910. The van der Waals surface area contributed by atoms with E-state index in [1.54, 1.807) is 6.20 Å². The van der Waals surface area contributed by atoms with Gasteiger partial charge in [0, 0.05) is 21.7 Å². The average Bonchev–Trinajstić information content (AvgIpc) is 2.79. The van der Waals surface area contributed by atoms with Crippen molar-refractivity contribution in [2.45, 2.75) is 42.2 Å². The number of hydrogen-bond acceptors (Lipinski definition) is 5.